The van der Waals surface area contributed by atoms with Crippen molar-refractivity contribution in [2.24, 2.45) is 11.7 Å². The molecule has 8 heteroatoms. The molecule has 0 spiro atoms. The van der Waals surface area contributed by atoms with E-state index in [1.54, 1.807) is 0 Å². The van der Waals surface area contributed by atoms with Crippen molar-refractivity contribution in [2.75, 3.05) is 13.1 Å². The maximum atomic E-state index is 12.5. The highest BCUT2D eigenvalue weighted by Crippen LogP contribution is 2.27. The average molecular weight is 375 g/mol. The van der Waals surface area contributed by atoms with Gasteiger partial charge in [-0.2, -0.15) is 0 Å². The number of rotatable bonds is 7. The number of hydrogen-bond donors (Lipinski definition) is 3. The monoisotopic (exact) mass is 374 g/mol. The number of halogens is 1. The number of amides is 4. The molecular weight excluding hydrogens is 344 g/mol. The summed E-state index contributed by atoms with van der Waals surface area (Å²) in [5.74, 6) is -0.238. The Hall–Kier alpha value is -1.34. The van der Waals surface area contributed by atoms with Crippen LogP contribution in [0.2, 0.25) is 0 Å². The van der Waals surface area contributed by atoms with Gasteiger partial charge in [-0.1, -0.05) is 33.1 Å². The van der Waals surface area contributed by atoms with Crippen molar-refractivity contribution in [3.63, 3.8) is 0 Å². The third kappa shape index (κ3) is 4.64. The van der Waals surface area contributed by atoms with Crippen molar-refractivity contribution in [1.82, 2.24) is 15.5 Å². The average Bonchev–Trinajstić information content (AvgIpc) is 2.85. The van der Waals surface area contributed by atoms with Crippen molar-refractivity contribution < 1.29 is 14.4 Å². The Morgan fingerprint density at radius 3 is 2.36 bits per heavy atom. The van der Waals surface area contributed by atoms with Gasteiger partial charge in [-0.15, -0.1) is 12.4 Å². The molecule has 1 heterocycles. The molecule has 2 fully saturated rings. The number of nitrogens with zero attached hydrogens (tertiary/aromatic N) is 1. The molecule has 1 aliphatic carbocycles. The van der Waals surface area contributed by atoms with Gasteiger partial charge in [-0.05, 0) is 31.6 Å². The van der Waals surface area contributed by atoms with Crippen LogP contribution in [-0.4, -0.2) is 47.4 Å². The van der Waals surface area contributed by atoms with Crippen molar-refractivity contribution >= 4 is 30.3 Å². The van der Waals surface area contributed by atoms with Crippen molar-refractivity contribution in [3.8, 4) is 0 Å². The van der Waals surface area contributed by atoms with Gasteiger partial charge in [-0.3, -0.25) is 14.5 Å². The van der Waals surface area contributed by atoms with Gasteiger partial charge in [0.2, 0.25) is 5.91 Å². The van der Waals surface area contributed by atoms with Crippen LogP contribution >= 0.6 is 12.4 Å². The zero-order chi connectivity index (χ0) is 17.7. The van der Waals surface area contributed by atoms with E-state index in [9.17, 15) is 14.4 Å². The van der Waals surface area contributed by atoms with Gasteiger partial charge in [-0.25, -0.2) is 4.79 Å². The first-order valence-corrected chi connectivity index (χ1v) is 9.11. The van der Waals surface area contributed by atoms with Crippen LogP contribution in [0.1, 0.15) is 58.8 Å². The molecule has 1 saturated heterocycles. The highest BCUT2D eigenvalue weighted by atomic mass is 35.5. The van der Waals surface area contributed by atoms with Gasteiger partial charge in [0.15, 0.2) is 0 Å². The second kappa shape index (κ2) is 9.38. The molecule has 1 atom stereocenters. The Morgan fingerprint density at radius 1 is 1.28 bits per heavy atom. The predicted molar refractivity (Wildman–Crippen MR) is 98.4 cm³/mol. The molecule has 25 heavy (non-hydrogen) atoms. The van der Waals surface area contributed by atoms with Crippen LogP contribution in [-0.2, 0) is 9.59 Å². The van der Waals surface area contributed by atoms with Crippen molar-refractivity contribution in [3.05, 3.63) is 0 Å². The van der Waals surface area contributed by atoms with Crippen LogP contribution in [0.5, 0.6) is 0 Å². The second-order valence-electron chi connectivity index (χ2n) is 6.92. The molecule has 1 unspecified atom stereocenters. The fourth-order valence-corrected chi connectivity index (χ4v) is 3.85. The minimum absolute atomic E-state index is 0. The van der Waals surface area contributed by atoms with Crippen LogP contribution in [0, 0.1) is 5.92 Å². The van der Waals surface area contributed by atoms with E-state index in [1.807, 2.05) is 13.8 Å². The summed E-state index contributed by atoms with van der Waals surface area (Å²) in [7, 11) is 0. The molecule has 7 nitrogen and oxygen atoms in total. The van der Waals surface area contributed by atoms with Crippen molar-refractivity contribution in [1.29, 1.82) is 0 Å². The standard InChI is InChI=1S/C17H30N4O3.ClH/c1-3-17(4-2)15(23)21(16(24)20-17)11-14(22)19-13(10-18)12-8-6-5-7-9-12;/h12-13H,3-11,18H2,1-2H3,(H,19,22)(H,20,24);1H. The normalized spacial score (nSPS) is 21.5. The van der Waals surface area contributed by atoms with E-state index in [0.29, 0.717) is 25.3 Å². The van der Waals surface area contributed by atoms with Gasteiger partial charge in [0, 0.05) is 12.6 Å². The zero-order valence-electron chi connectivity index (χ0n) is 15.2. The predicted octanol–water partition coefficient (Wildman–Crippen LogP) is 1.54. The van der Waals surface area contributed by atoms with Gasteiger partial charge >= 0.3 is 6.03 Å². The minimum atomic E-state index is -0.867. The van der Waals surface area contributed by atoms with Gasteiger partial charge in [0.05, 0.1) is 0 Å². The lowest BCUT2D eigenvalue weighted by atomic mass is 9.84. The molecule has 2 rings (SSSR count). The first-order valence-electron chi connectivity index (χ1n) is 9.11. The van der Waals surface area contributed by atoms with Gasteiger partial charge < -0.3 is 16.4 Å². The summed E-state index contributed by atoms with van der Waals surface area (Å²) in [6, 6.07) is -0.568. The van der Waals surface area contributed by atoms with E-state index in [0.717, 1.165) is 17.7 Å². The number of carbonyl (C=O) groups excluding carboxylic acids is 3. The van der Waals surface area contributed by atoms with Crippen molar-refractivity contribution in [2.45, 2.75) is 70.4 Å². The number of urea groups is 1. The zero-order valence-corrected chi connectivity index (χ0v) is 16.0. The first-order chi connectivity index (χ1) is 11.5. The lowest BCUT2D eigenvalue weighted by Gasteiger charge is -2.30. The maximum absolute atomic E-state index is 12.5. The summed E-state index contributed by atoms with van der Waals surface area (Å²) in [6.45, 7) is 3.86. The summed E-state index contributed by atoms with van der Waals surface area (Å²) < 4.78 is 0. The number of carbonyl (C=O) groups is 3. The van der Waals surface area contributed by atoms with Crippen LogP contribution in [0.25, 0.3) is 0 Å². The number of nitrogens with one attached hydrogen (secondary N) is 2. The third-order valence-electron chi connectivity index (χ3n) is 5.57. The molecule has 0 aromatic carbocycles. The molecule has 0 aromatic rings. The third-order valence-corrected chi connectivity index (χ3v) is 5.57. The summed E-state index contributed by atoms with van der Waals surface area (Å²) in [6.07, 6.45) is 6.74. The Labute approximate surface area is 155 Å². The molecule has 2 aliphatic rings. The van der Waals surface area contributed by atoms with Gasteiger partial charge in [0.25, 0.3) is 5.91 Å². The highest BCUT2D eigenvalue weighted by Gasteiger charge is 2.49. The molecule has 1 aliphatic heterocycles. The molecule has 0 radical (unpaired) electrons. The highest BCUT2D eigenvalue weighted by molar-refractivity contribution is 6.09. The summed E-state index contributed by atoms with van der Waals surface area (Å²) >= 11 is 0. The van der Waals surface area contributed by atoms with E-state index in [-0.39, 0.29) is 36.8 Å². The smallest absolute Gasteiger partial charge is 0.325 e. The maximum Gasteiger partial charge on any atom is 0.325 e. The Bertz CT molecular complexity index is 490. The van der Waals surface area contributed by atoms with Crippen LogP contribution < -0.4 is 16.4 Å². The number of hydrogen-bond acceptors (Lipinski definition) is 4. The quantitative estimate of drug-likeness (QED) is 0.588. The lowest BCUT2D eigenvalue weighted by Crippen LogP contribution is -2.50. The Morgan fingerprint density at radius 2 is 1.88 bits per heavy atom. The van der Waals surface area contributed by atoms with E-state index in [2.05, 4.69) is 10.6 Å². The first kappa shape index (κ1) is 21.7. The number of imide groups is 1. The van der Waals surface area contributed by atoms with E-state index < -0.39 is 11.6 Å². The topological polar surface area (TPSA) is 105 Å². The SMILES string of the molecule is CCC1(CC)NC(=O)N(CC(=O)NC(CN)C2CCCCC2)C1=O.Cl. The van der Waals surface area contributed by atoms with Crippen LogP contribution in [0.3, 0.4) is 0 Å². The summed E-state index contributed by atoms with van der Waals surface area (Å²) in [4.78, 5) is 38.0. The molecule has 0 aromatic heterocycles. The van der Waals surface area contributed by atoms with Crippen LogP contribution in [0.15, 0.2) is 0 Å². The van der Waals surface area contributed by atoms with Gasteiger partial charge in [0.1, 0.15) is 12.1 Å². The molecule has 1 saturated carbocycles. The minimum Gasteiger partial charge on any atom is -0.350 e. The largest absolute Gasteiger partial charge is 0.350 e. The molecular formula is C17H31ClN4O3. The second-order valence-corrected chi connectivity index (χ2v) is 6.92. The molecule has 0 bridgehead atoms. The van der Waals surface area contributed by atoms with E-state index in [1.165, 1.54) is 19.3 Å². The summed E-state index contributed by atoms with van der Waals surface area (Å²) in [5, 5.41) is 5.67. The Kier molecular flexibility index (Phi) is 8.15. The van der Waals surface area contributed by atoms with E-state index >= 15 is 0 Å². The fraction of sp³-hybridized carbons (Fsp3) is 0.824. The molecule has 4 amide bonds. The Balaban J connectivity index is 0.00000312. The number of nitrogens with two attached hydrogens (primary N) is 1. The molecule has 144 valence electrons. The summed E-state index contributed by atoms with van der Waals surface area (Å²) in [5.41, 5.74) is 4.96. The lowest BCUT2D eigenvalue weighted by molar-refractivity contribution is -0.135. The molecule has 4 N–H and O–H groups in total. The van der Waals surface area contributed by atoms with Crippen LogP contribution in [0.4, 0.5) is 4.79 Å². The van der Waals surface area contributed by atoms with E-state index in [4.69, 9.17) is 5.73 Å². The fourth-order valence-electron chi connectivity index (χ4n) is 3.85.